The van der Waals surface area contributed by atoms with Crippen LogP contribution in [-0.4, -0.2) is 42.3 Å². The topological polar surface area (TPSA) is 71.4 Å². The van der Waals surface area contributed by atoms with E-state index >= 15 is 0 Å². The van der Waals surface area contributed by atoms with Crippen molar-refractivity contribution in [1.82, 2.24) is 8.87 Å². The lowest BCUT2D eigenvalue weighted by atomic mass is 10.1. The fourth-order valence-electron chi connectivity index (χ4n) is 4.78. The number of carbonyl (C=O) groups is 1. The molecule has 1 fully saturated rings. The van der Waals surface area contributed by atoms with Gasteiger partial charge in [-0.2, -0.15) is 0 Å². The van der Waals surface area contributed by atoms with E-state index in [2.05, 4.69) is 5.32 Å². The maximum Gasteiger partial charge on any atom is 0.268 e. The lowest BCUT2D eigenvalue weighted by Gasteiger charge is -2.40. The molecular formula is C30H24FN3O3S. The molecule has 1 N–H and O–H groups in total. The summed E-state index contributed by atoms with van der Waals surface area (Å²) in [6.07, 6.45) is 1.66. The molecule has 5 aromatic rings. The summed E-state index contributed by atoms with van der Waals surface area (Å²) in [6.45, 7) is 1.02. The molecule has 0 aliphatic carbocycles. The number of amides is 1. The van der Waals surface area contributed by atoms with Crippen LogP contribution in [0.25, 0.3) is 22.0 Å². The van der Waals surface area contributed by atoms with Gasteiger partial charge in [0.25, 0.3) is 15.9 Å². The van der Waals surface area contributed by atoms with E-state index in [-0.39, 0.29) is 22.7 Å². The Hall–Kier alpha value is -4.43. The average Bonchev–Trinajstić information content (AvgIpc) is 3.32. The van der Waals surface area contributed by atoms with Crippen LogP contribution in [0.15, 0.2) is 114 Å². The number of carbonyl (C=O) groups excluding carboxylic acids is 1. The predicted molar refractivity (Wildman–Crippen MR) is 146 cm³/mol. The van der Waals surface area contributed by atoms with Crippen LogP contribution in [0.2, 0.25) is 0 Å². The molecule has 4 aromatic carbocycles. The molecule has 1 saturated heterocycles. The molecule has 38 heavy (non-hydrogen) atoms. The Labute approximate surface area is 220 Å². The Morgan fingerprint density at radius 3 is 2.18 bits per heavy atom. The molecule has 0 saturated carbocycles. The van der Waals surface area contributed by atoms with E-state index in [1.165, 1.54) is 28.2 Å². The first-order valence-corrected chi connectivity index (χ1v) is 13.7. The van der Waals surface area contributed by atoms with Gasteiger partial charge in [0.2, 0.25) is 0 Å². The Morgan fingerprint density at radius 1 is 0.816 bits per heavy atom. The monoisotopic (exact) mass is 525 g/mol. The number of nitrogens with one attached hydrogen (secondary N) is 1. The van der Waals surface area contributed by atoms with E-state index in [0.717, 1.165) is 22.2 Å². The van der Waals surface area contributed by atoms with Crippen LogP contribution in [-0.2, 0) is 10.0 Å². The third kappa shape index (κ3) is 4.33. The van der Waals surface area contributed by atoms with E-state index in [1.54, 1.807) is 41.4 Å². The maximum absolute atomic E-state index is 13.6. The summed E-state index contributed by atoms with van der Waals surface area (Å²) >= 11 is 0. The lowest BCUT2D eigenvalue weighted by Crippen LogP contribution is -2.57. The van der Waals surface area contributed by atoms with Crippen molar-refractivity contribution in [2.45, 2.75) is 10.9 Å². The highest BCUT2D eigenvalue weighted by molar-refractivity contribution is 7.90. The summed E-state index contributed by atoms with van der Waals surface area (Å²) in [7, 11) is -3.90. The Bertz CT molecular complexity index is 1730. The standard InChI is InChI=1S/C30H24FN3O3S/c31-23-12-14-24(15-13-23)32-25-18-33(19-25)30(35)22-10-16-26(17-11-22)38(36,37)34-20-28(21-6-2-1-3-7-21)27-8-4-5-9-29(27)34/h1-17,20,25,32H,18-19H2. The van der Waals surface area contributed by atoms with E-state index in [0.29, 0.717) is 24.2 Å². The summed E-state index contributed by atoms with van der Waals surface area (Å²) in [4.78, 5) is 14.7. The smallest absolute Gasteiger partial charge is 0.268 e. The van der Waals surface area contributed by atoms with E-state index in [9.17, 15) is 17.6 Å². The first-order valence-electron chi connectivity index (χ1n) is 12.2. The molecular weight excluding hydrogens is 501 g/mol. The van der Waals surface area contributed by atoms with Gasteiger partial charge < -0.3 is 10.2 Å². The van der Waals surface area contributed by atoms with Gasteiger partial charge in [0.1, 0.15) is 5.82 Å². The van der Waals surface area contributed by atoms with Crippen molar-refractivity contribution >= 4 is 32.5 Å². The highest BCUT2D eigenvalue weighted by Crippen LogP contribution is 2.33. The molecule has 0 spiro atoms. The van der Waals surface area contributed by atoms with Crippen LogP contribution < -0.4 is 5.32 Å². The number of nitrogens with zero attached hydrogens (tertiary/aromatic N) is 2. The SMILES string of the molecule is O=C(c1ccc(S(=O)(=O)n2cc(-c3ccccc3)c3ccccc32)cc1)N1CC(Nc2ccc(F)cc2)C1. The molecule has 0 atom stereocenters. The van der Waals surface area contributed by atoms with Gasteiger partial charge in [-0.3, -0.25) is 4.79 Å². The minimum absolute atomic E-state index is 0.0740. The zero-order chi connectivity index (χ0) is 26.3. The number of rotatable bonds is 6. The van der Waals surface area contributed by atoms with Crippen LogP contribution in [0.5, 0.6) is 0 Å². The molecule has 1 aliphatic rings. The Kier molecular flexibility index (Phi) is 5.96. The number of halogens is 1. The largest absolute Gasteiger partial charge is 0.379 e. The van der Waals surface area contributed by atoms with Crippen LogP contribution >= 0.6 is 0 Å². The summed E-state index contributed by atoms with van der Waals surface area (Å²) < 4.78 is 41.7. The predicted octanol–water partition coefficient (Wildman–Crippen LogP) is 5.62. The fourth-order valence-corrected chi connectivity index (χ4v) is 6.15. The average molecular weight is 526 g/mol. The minimum Gasteiger partial charge on any atom is -0.379 e. The van der Waals surface area contributed by atoms with Crippen molar-refractivity contribution in [3.05, 3.63) is 121 Å². The number of fused-ring (bicyclic) bond motifs is 1. The number of hydrogen-bond donors (Lipinski definition) is 1. The summed E-state index contributed by atoms with van der Waals surface area (Å²) in [6, 6.07) is 29.3. The fraction of sp³-hybridized carbons (Fsp3) is 0.100. The summed E-state index contributed by atoms with van der Waals surface area (Å²) in [5.41, 5.74) is 3.57. The molecule has 1 amide bonds. The van der Waals surface area contributed by atoms with Crippen LogP contribution in [0.1, 0.15) is 10.4 Å². The van der Waals surface area contributed by atoms with Gasteiger partial charge in [0, 0.05) is 41.5 Å². The van der Waals surface area contributed by atoms with E-state index in [1.807, 2.05) is 48.5 Å². The molecule has 8 heteroatoms. The molecule has 190 valence electrons. The lowest BCUT2D eigenvalue weighted by molar-refractivity contribution is 0.0625. The van der Waals surface area contributed by atoms with Crippen LogP contribution in [0.4, 0.5) is 10.1 Å². The molecule has 2 heterocycles. The van der Waals surface area contributed by atoms with Crippen molar-refractivity contribution in [3.63, 3.8) is 0 Å². The summed E-state index contributed by atoms with van der Waals surface area (Å²) in [5.74, 6) is -0.461. The third-order valence-corrected chi connectivity index (χ3v) is 8.49. The number of aromatic nitrogens is 1. The van der Waals surface area contributed by atoms with Crippen LogP contribution in [0, 0.1) is 5.82 Å². The number of para-hydroxylation sites is 1. The number of hydrogen-bond acceptors (Lipinski definition) is 4. The van der Waals surface area contributed by atoms with E-state index < -0.39 is 10.0 Å². The van der Waals surface area contributed by atoms with E-state index in [4.69, 9.17) is 0 Å². The first kappa shape index (κ1) is 23.9. The van der Waals surface area contributed by atoms with Gasteiger partial charge in [0.15, 0.2) is 0 Å². The molecule has 1 aliphatic heterocycles. The van der Waals surface area contributed by atoms with Gasteiger partial charge in [-0.05, 0) is 60.2 Å². The van der Waals surface area contributed by atoms with Crippen molar-refractivity contribution in [2.24, 2.45) is 0 Å². The molecule has 1 aromatic heterocycles. The van der Waals surface area contributed by atoms with Crippen molar-refractivity contribution < 1.29 is 17.6 Å². The van der Waals surface area contributed by atoms with Gasteiger partial charge in [-0.25, -0.2) is 16.8 Å². The number of benzene rings is 4. The van der Waals surface area contributed by atoms with Gasteiger partial charge in [-0.1, -0.05) is 48.5 Å². The third-order valence-electron chi connectivity index (χ3n) is 6.80. The zero-order valence-corrected chi connectivity index (χ0v) is 21.1. The highest BCUT2D eigenvalue weighted by Gasteiger charge is 2.31. The van der Waals surface area contributed by atoms with Crippen molar-refractivity contribution in [3.8, 4) is 11.1 Å². The van der Waals surface area contributed by atoms with Crippen LogP contribution in [0.3, 0.4) is 0 Å². The molecule has 0 unspecified atom stereocenters. The van der Waals surface area contributed by atoms with Crippen molar-refractivity contribution in [2.75, 3.05) is 18.4 Å². The van der Waals surface area contributed by atoms with Gasteiger partial charge >= 0.3 is 0 Å². The number of anilines is 1. The Balaban J connectivity index is 1.20. The summed E-state index contributed by atoms with van der Waals surface area (Å²) in [5, 5.41) is 4.12. The highest BCUT2D eigenvalue weighted by atomic mass is 32.2. The quantitative estimate of drug-likeness (QED) is 0.312. The zero-order valence-electron chi connectivity index (χ0n) is 20.3. The molecule has 0 bridgehead atoms. The van der Waals surface area contributed by atoms with Crippen molar-refractivity contribution in [1.29, 1.82) is 0 Å². The van der Waals surface area contributed by atoms with Gasteiger partial charge in [-0.15, -0.1) is 0 Å². The number of likely N-dealkylation sites (tertiary alicyclic amines) is 1. The molecule has 6 rings (SSSR count). The molecule has 0 radical (unpaired) electrons. The minimum atomic E-state index is -3.90. The molecule has 6 nitrogen and oxygen atoms in total. The maximum atomic E-state index is 13.6. The second-order valence-corrected chi connectivity index (χ2v) is 11.1. The van der Waals surface area contributed by atoms with Gasteiger partial charge in [0.05, 0.1) is 16.5 Å². The second-order valence-electron chi connectivity index (χ2n) is 9.31. The normalized spacial score (nSPS) is 13.9. The second kappa shape index (κ2) is 9.46. The Morgan fingerprint density at radius 2 is 1.47 bits per heavy atom. The first-order chi connectivity index (χ1) is 18.4.